The second-order valence-electron chi connectivity index (χ2n) is 8.00. The zero-order valence-corrected chi connectivity index (χ0v) is 17.9. The Morgan fingerprint density at radius 3 is 2.89 bits per heavy atom. The van der Waals surface area contributed by atoms with Crippen LogP contribution in [0.15, 0.2) is 60.4 Å². The van der Waals surface area contributed by atoms with Crippen LogP contribution in [0.25, 0.3) is 0 Å². The quantitative estimate of drug-likeness (QED) is 0.649. The van der Waals surface area contributed by atoms with Crippen LogP contribution in [0.5, 0.6) is 0 Å². The first-order valence-corrected chi connectivity index (χ1v) is 10.6. The molecule has 2 rings (SSSR count). The van der Waals surface area contributed by atoms with Gasteiger partial charge < -0.3 is 9.47 Å². The third kappa shape index (κ3) is 10.1. The molecule has 0 N–H and O–H groups in total. The lowest BCUT2D eigenvalue weighted by molar-refractivity contribution is -0.00101. The Bertz CT molecular complexity index is 577. The molecule has 2 unspecified atom stereocenters. The maximum atomic E-state index is 5.95. The predicted octanol–water partition coefficient (Wildman–Crippen LogP) is 4.89. The highest BCUT2D eigenvalue weighted by atomic mass is 16.5. The first-order valence-electron chi connectivity index (χ1n) is 10.6. The molecule has 0 amide bonds. The molecule has 0 aliphatic carbocycles. The Hall–Kier alpha value is -1.62. The van der Waals surface area contributed by atoms with Gasteiger partial charge in [0.25, 0.3) is 0 Å². The van der Waals surface area contributed by atoms with E-state index in [4.69, 9.17) is 9.47 Å². The van der Waals surface area contributed by atoms with Crippen molar-refractivity contribution in [2.24, 2.45) is 5.92 Å². The zero-order chi connectivity index (χ0) is 20.0. The van der Waals surface area contributed by atoms with E-state index in [-0.39, 0.29) is 6.10 Å². The highest BCUT2D eigenvalue weighted by molar-refractivity contribution is 5.16. The van der Waals surface area contributed by atoms with Gasteiger partial charge in [-0.3, -0.25) is 9.80 Å². The lowest BCUT2D eigenvalue weighted by Gasteiger charge is -2.27. The van der Waals surface area contributed by atoms with E-state index in [0.29, 0.717) is 19.4 Å². The van der Waals surface area contributed by atoms with Crippen molar-refractivity contribution in [2.45, 2.75) is 46.1 Å². The fraction of sp³-hybridized carbons (Fsp3) is 0.583. The maximum Gasteiger partial charge on any atom is 0.141 e. The first-order chi connectivity index (χ1) is 13.6. The third-order valence-corrected chi connectivity index (χ3v) is 5.01. The molecule has 0 spiro atoms. The van der Waals surface area contributed by atoms with Crippen LogP contribution in [0.1, 0.15) is 40.0 Å². The van der Waals surface area contributed by atoms with Crippen molar-refractivity contribution in [3.05, 3.63) is 60.4 Å². The number of ether oxygens (including phenoxy) is 2. The highest BCUT2D eigenvalue weighted by Crippen LogP contribution is 2.12. The van der Waals surface area contributed by atoms with Gasteiger partial charge >= 0.3 is 0 Å². The molecule has 2 aliphatic rings. The van der Waals surface area contributed by atoms with Gasteiger partial charge in [0.1, 0.15) is 6.73 Å². The minimum atomic E-state index is 0.168. The number of hydrogen-bond donors (Lipinski definition) is 0. The summed E-state index contributed by atoms with van der Waals surface area (Å²) in [6, 6.07) is 0. The van der Waals surface area contributed by atoms with Crippen LogP contribution in [-0.2, 0) is 9.47 Å². The second kappa shape index (κ2) is 13.5. The minimum Gasteiger partial charge on any atom is -0.486 e. The number of nitrogens with zero attached hydrogens (tertiary/aromatic N) is 2. The number of rotatable bonds is 6. The summed E-state index contributed by atoms with van der Waals surface area (Å²) in [5.74, 6) is 0.655. The van der Waals surface area contributed by atoms with E-state index in [2.05, 4.69) is 67.0 Å². The highest BCUT2D eigenvalue weighted by Gasteiger charge is 2.13. The van der Waals surface area contributed by atoms with Gasteiger partial charge in [0.2, 0.25) is 0 Å². The molecule has 4 nitrogen and oxygen atoms in total. The lowest BCUT2D eigenvalue weighted by atomic mass is 10.0. The zero-order valence-electron chi connectivity index (χ0n) is 17.9. The molecular weight excluding hydrogens is 348 g/mol. The van der Waals surface area contributed by atoms with Crippen LogP contribution in [-0.4, -0.2) is 55.5 Å². The SMILES string of the molecule is C\C1=C/C=C\C=C\OCN(CCCC(C)CN2CC/C=C\C=C/C(C)OC2)C1. The second-order valence-corrected chi connectivity index (χ2v) is 8.00. The van der Waals surface area contributed by atoms with E-state index in [1.165, 1.54) is 18.4 Å². The Kier molecular flexibility index (Phi) is 11.0. The summed E-state index contributed by atoms with van der Waals surface area (Å²) in [4.78, 5) is 4.83. The topological polar surface area (TPSA) is 24.9 Å². The average Bonchev–Trinajstić information content (AvgIpc) is 2.67. The van der Waals surface area contributed by atoms with Crippen molar-refractivity contribution in [1.82, 2.24) is 9.80 Å². The summed E-state index contributed by atoms with van der Waals surface area (Å²) in [5.41, 5.74) is 1.36. The van der Waals surface area contributed by atoms with Gasteiger partial charge in [0, 0.05) is 26.2 Å². The molecule has 2 heterocycles. The molecule has 2 aliphatic heterocycles. The summed E-state index contributed by atoms with van der Waals surface area (Å²) < 4.78 is 11.6. The summed E-state index contributed by atoms with van der Waals surface area (Å²) in [6.07, 6.45) is 22.2. The summed E-state index contributed by atoms with van der Waals surface area (Å²) >= 11 is 0. The van der Waals surface area contributed by atoms with Gasteiger partial charge in [-0.2, -0.15) is 0 Å². The Balaban J connectivity index is 1.73. The van der Waals surface area contributed by atoms with E-state index in [1.807, 2.05) is 12.2 Å². The van der Waals surface area contributed by atoms with Crippen molar-refractivity contribution in [2.75, 3.05) is 39.6 Å². The standard InChI is InChI=1S/C24H38N2O2/c1-22-12-7-6-10-17-27-20-25(18-22)16-11-13-23(2)19-26-15-9-5-4-8-14-24(3)28-21-26/h4-8,10,12,14,17,23-24H,9,11,13,15-16,18-21H2,1-3H3/b5-4-,7-6-,14-8-,17-10+,22-12+. The summed E-state index contributed by atoms with van der Waals surface area (Å²) in [6.45, 7) is 12.2. The van der Waals surface area contributed by atoms with Gasteiger partial charge in [-0.05, 0) is 45.1 Å². The average molecular weight is 387 g/mol. The van der Waals surface area contributed by atoms with Crippen LogP contribution >= 0.6 is 0 Å². The van der Waals surface area contributed by atoms with E-state index >= 15 is 0 Å². The maximum absolute atomic E-state index is 5.95. The minimum absolute atomic E-state index is 0.168. The van der Waals surface area contributed by atoms with Crippen LogP contribution in [0, 0.1) is 5.92 Å². The van der Waals surface area contributed by atoms with Gasteiger partial charge in [-0.15, -0.1) is 0 Å². The largest absolute Gasteiger partial charge is 0.486 e. The molecule has 4 heteroatoms. The van der Waals surface area contributed by atoms with Crippen molar-refractivity contribution < 1.29 is 9.47 Å². The van der Waals surface area contributed by atoms with E-state index in [1.54, 1.807) is 6.26 Å². The first kappa shape index (κ1) is 22.7. The fourth-order valence-corrected chi connectivity index (χ4v) is 3.46. The van der Waals surface area contributed by atoms with E-state index in [9.17, 15) is 0 Å². The predicted molar refractivity (Wildman–Crippen MR) is 118 cm³/mol. The molecule has 0 fully saturated rings. The van der Waals surface area contributed by atoms with Crippen LogP contribution in [0.3, 0.4) is 0 Å². The van der Waals surface area contributed by atoms with E-state index < -0.39 is 0 Å². The number of allylic oxidation sites excluding steroid dienone is 6. The Morgan fingerprint density at radius 1 is 1.11 bits per heavy atom. The molecule has 156 valence electrons. The molecule has 0 saturated carbocycles. The van der Waals surface area contributed by atoms with Gasteiger partial charge in [-0.1, -0.05) is 55.0 Å². The van der Waals surface area contributed by atoms with Gasteiger partial charge in [-0.25, -0.2) is 0 Å². The van der Waals surface area contributed by atoms with Gasteiger partial charge in [0.05, 0.1) is 19.1 Å². The number of hydrogen-bond acceptors (Lipinski definition) is 4. The Labute approximate surface area is 171 Å². The van der Waals surface area contributed by atoms with E-state index in [0.717, 1.165) is 32.6 Å². The van der Waals surface area contributed by atoms with Crippen molar-refractivity contribution >= 4 is 0 Å². The molecule has 0 aromatic heterocycles. The van der Waals surface area contributed by atoms with Crippen molar-refractivity contribution in [1.29, 1.82) is 0 Å². The van der Waals surface area contributed by atoms with Crippen molar-refractivity contribution in [3.63, 3.8) is 0 Å². The van der Waals surface area contributed by atoms with Gasteiger partial charge in [0.15, 0.2) is 0 Å². The molecule has 28 heavy (non-hydrogen) atoms. The Morgan fingerprint density at radius 2 is 2.00 bits per heavy atom. The monoisotopic (exact) mass is 386 g/mol. The third-order valence-electron chi connectivity index (χ3n) is 5.01. The van der Waals surface area contributed by atoms with Crippen LogP contribution < -0.4 is 0 Å². The molecule has 0 aromatic rings. The molecular formula is C24H38N2O2. The van der Waals surface area contributed by atoms with Crippen molar-refractivity contribution in [3.8, 4) is 0 Å². The molecule has 0 radical (unpaired) electrons. The molecule has 0 aromatic carbocycles. The fourth-order valence-electron chi connectivity index (χ4n) is 3.46. The lowest BCUT2D eigenvalue weighted by Crippen LogP contribution is -2.34. The normalized spacial score (nSPS) is 30.2. The van der Waals surface area contributed by atoms with Crippen LogP contribution in [0.2, 0.25) is 0 Å². The molecule has 0 bridgehead atoms. The molecule has 2 atom stereocenters. The molecule has 0 saturated heterocycles. The smallest absolute Gasteiger partial charge is 0.141 e. The summed E-state index contributed by atoms with van der Waals surface area (Å²) in [5, 5.41) is 0. The van der Waals surface area contributed by atoms with Crippen LogP contribution in [0.4, 0.5) is 0 Å². The summed E-state index contributed by atoms with van der Waals surface area (Å²) in [7, 11) is 0.